The minimum absolute atomic E-state index is 0.194. The first-order valence-electron chi connectivity index (χ1n) is 5.72. The molecule has 0 unspecified atom stereocenters. The van der Waals surface area contributed by atoms with Gasteiger partial charge in [-0.3, -0.25) is 9.82 Å². The van der Waals surface area contributed by atoms with E-state index >= 15 is 0 Å². The van der Waals surface area contributed by atoms with Gasteiger partial charge in [0.2, 0.25) is 0 Å². The van der Waals surface area contributed by atoms with Crippen molar-refractivity contribution in [2.75, 3.05) is 6.61 Å². The van der Waals surface area contributed by atoms with Gasteiger partial charge in [0.25, 0.3) is 0 Å². The minimum atomic E-state index is -4.33. The van der Waals surface area contributed by atoms with Crippen LogP contribution < -0.4 is 5.48 Å². The third kappa shape index (κ3) is 3.90. The Bertz CT molecular complexity index is 569. The van der Waals surface area contributed by atoms with Gasteiger partial charge in [-0.1, -0.05) is 18.2 Å². The summed E-state index contributed by atoms with van der Waals surface area (Å²) in [6, 6.07) is 9.29. The van der Waals surface area contributed by atoms with Crippen LogP contribution in [0.1, 0.15) is 11.3 Å². The zero-order valence-electron chi connectivity index (χ0n) is 10.3. The molecule has 1 aromatic heterocycles. The zero-order chi connectivity index (χ0) is 13.9. The molecule has 2 aromatic rings. The van der Waals surface area contributed by atoms with E-state index in [1.54, 1.807) is 0 Å². The number of nitrogens with one attached hydrogen (secondary N) is 1. The largest absolute Gasteiger partial charge is 0.413 e. The number of pyridine rings is 1. The summed E-state index contributed by atoms with van der Waals surface area (Å²) in [7, 11) is 0. The van der Waals surface area contributed by atoms with Gasteiger partial charge in [-0.15, -0.1) is 0 Å². The summed E-state index contributed by atoms with van der Waals surface area (Å²) < 4.78 is 35.8. The van der Waals surface area contributed by atoms with Crippen molar-refractivity contribution < 1.29 is 18.0 Å². The molecule has 0 amide bonds. The van der Waals surface area contributed by atoms with E-state index in [2.05, 4.69) is 15.3 Å². The van der Waals surface area contributed by atoms with Crippen LogP contribution in [-0.4, -0.2) is 17.8 Å². The fourth-order valence-electron chi connectivity index (χ4n) is 1.80. The number of halogens is 3. The molecular formula is C13H13F3N2O. The third-order valence-corrected chi connectivity index (χ3v) is 2.53. The summed E-state index contributed by atoms with van der Waals surface area (Å²) in [5.74, 6) is 0. The quantitative estimate of drug-likeness (QED) is 0.684. The second-order valence-electron chi connectivity index (χ2n) is 4.16. The molecule has 0 fully saturated rings. The Labute approximate surface area is 108 Å². The first-order chi connectivity index (χ1) is 8.96. The van der Waals surface area contributed by atoms with Crippen molar-refractivity contribution in [1.82, 2.24) is 10.5 Å². The van der Waals surface area contributed by atoms with Crippen LogP contribution in [0.15, 0.2) is 30.3 Å². The summed E-state index contributed by atoms with van der Waals surface area (Å²) in [5.41, 5.74) is 4.81. The van der Waals surface area contributed by atoms with Crippen molar-refractivity contribution in [3.63, 3.8) is 0 Å². The van der Waals surface area contributed by atoms with E-state index in [1.807, 2.05) is 37.3 Å². The number of alkyl halides is 3. The second-order valence-corrected chi connectivity index (χ2v) is 4.16. The summed E-state index contributed by atoms with van der Waals surface area (Å²) in [5, 5.41) is 0.899. The molecule has 0 aliphatic carbocycles. The van der Waals surface area contributed by atoms with Crippen LogP contribution in [0.5, 0.6) is 0 Å². The Morgan fingerprint density at radius 1 is 1.26 bits per heavy atom. The molecule has 1 heterocycles. The first kappa shape index (κ1) is 13.8. The molecule has 1 aromatic carbocycles. The van der Waals surface area contributed by atoms with E-state index in [0.717, 1.165) is 22.2 Å². The second kappa shape index (κ2) is 5.54. The molecule has 2 rings (SSSR count). The monoisotopic (exact) mass is 270 g/mol. The highest BCUT2D eigenvalue weighted by atomic mass is 19.4. The van der Waals surface area contributed by atoms with E-state index in [4.69, 9.17) is 0 Å². The number of hydroxylamine groups is 1. The number of hydrogen-bond acceptors (Lipinski definition) is 3. The number of hydrogen-bond donors (Lipinski definition) is 1. The minimum Gasteiger partial charge on any atom is -0.292 e. The molecular weight excluding hydrogens is 257 g/mol. The standard InChI is InChI=1S/C13H13F3N2O/c1-9-6-10(7-17-19-8-13(14,15)16)11-4-2-3-5-12(11)18-9/h2-6,17H,7-8H2,1H3. The molecule has 102 valence electrons. The highest BCUT2D eigenvalue weighted by Crippen LogP contribution is 2.18. The van der Waals surface area contributed by atoms with Crippen molar-refractivity contribution in [2.45, 2.75) is 19.6 Å². The average molecular weight is 270 g/mol. The fourth-order valence-corrected chi connectivity index (χ4v) is 1.80. The SMILES string of the molecule is Cc1cc(CNOCC(F)(F)F)c2ccccc2n1. The van der Waals surface area contributed by atoms with Gasteiger partial charge in [0.15, 0.2) is 6.61 Å². The van der Waals surface area contributed by atoms with Crippen LogP contribution in [0.2, 0.25) is 0 Å². The van der Waals surface area contributed by atoms with Crippen molar-refractivity contribution in [3.05, 3.63) is 41.6 Å². The third-order valence-electron chi connectivity index (χ3n) is 2.53. The van der Waals surface area contributed by atoms with Gasteiger partial charge in [-0.2, -0.15) is 18.7 Å². The maximum absolute atomic E-state index is 11.9. The van der Waals surface area contributed by atoms with Gasteiger partial charge >= 0.3 is 6.18 Å². The topological polar surface area (TPSA) is 34.1 Å². The zero-order valence-corrected chi connectivity index (χ0v) is 10.3. The first-order valence-corrected chi connectivity index (χ1v) is 5.72. The average Bonchev–Trinajstić information content (AvgIpc) is 2.33. The molecule has 0 radical (unpaired) electrons. The highest BCUT2D eigenvalue weighted by Gasteiger charge is 2.27. The van der Waals surface area contributed by atoms with E-state index in [0.29, 0.717) is 0 Å². The van der Waals surface area contributed by atoms with E-state index < -0.39 is 12.8 Å². The Morgan fingerprint density at radius 2 is 2.00 bits per heavy atom. The lowest BCUT2D eigenvalue weighted by Gasteiger charge is -2.10. The van der Waals surface area contributed by atoms with Gasteiger partial charge in [-0.25, -0.2) is 0 Å². The van der Waals surface area contributed by atoms with Crippen molar-refractivity contribution in [3.8, 4) is 0 Å². The summed E-state index contributed by atoms with van der Waals surface area (Å²) in [6.07, 6.45) is -4.33. The van der Waals surface area contributed by atoms with Crippen molar-refractivity contribution >= 4 is 10.9 Å². The Morgan fingerprint density at radius 3 is 2.74 bits per heavy atom. The molecule has 3 nitrogen and oxygen atoms in total. The highest BCUT2D eigenvalue weighted by molar-refractivity contribution is 5.82. The number of nitrogens with zero attached hydrogens (tertiary/aromatic N) is 1. The molecule has 0 aliphatic rings. The molecule has 0 aliphatic heterocycles. The summed E-state index contributed by atoms with van der Waals surface area (Å²) in [6.45, 7) is 0.724. The fraction of sp³-hybridized carbons (Fsp3) is 0.308. The molecule has 19 heavy (non-hydrogen) atoms. The molecule has 0 bridgehead atoms. The predicted molar refractivity (Wildman–Crippen MR) is 65.3 cm³/mol. The molecule has 0 spiro atoms. The predicted octanol–water partition coefficient (Wildman–Crippen LogP) is 3.13. The Kier molecular flexibility index (Phi) is 4.01. The molecule has 6 heteroatoms. The summed E-state index contributed by atoms with van der Waals surface area (Å²) >= 11 is 0. The number of benzene rings is 1. The van der Waals surface area contributed by atoms with Crippen molar-refractivity contribution in [1.29, 1.82) is 0 Å². The lowest BCUT2D eigenvalue weighted by molar-refractivity contribution is -0.190. The van der Waals surface area contributed by atoms with Crippen LogP contribution >= 0.6 is 0 Å². The molecule has 1 N–H and O–H groups in total. The Balaban J connectivity index is 2.08. The van der Waals surface area contributed by atoms with Crippen LogP contribution in [0.4, 0.5) is 13.2 Å². The van der Waals surface area contributed by atoms with Gasteiger partial charge in [0.05, 0.1) is 5.52 Å². The number of aromatic nitrogens is 1. The van der Waals surface area contributed by atoms with E-state index in [9.17, 15) is 13.2 Å². The maximum Gasteiger partial charge on any atom is 0.413 e. The van der Waals surface area contributed by atoms with Crippen LogP contribution in [0.25, 0.3) is 10.9 Å². The van der Waals surface area contributed by atoms with Crippen molar-refractivity contribution in [2.24, 2.45) is 0 Å². The number of rotatable bonds is 4. The number of fused-ring (bicyclic) bond motifs is 1. The smallest absolute Gasteiger partial charge is 0.292 e. The lowest BCUT2D eigenvalue weighted by Crippen LogP contribution is -2.24. The van der Waals surface area contributed by atoms with Gasteiger partial charge in [0.1, 0.15) is 0 Å². The van der Waals surface area contributed by atoms with Crippen LogP contribution in [0, 0.1) is 6.92 Å². The van der Waals surface area contributed by atoms with E-state index in [1.165, 1.54) is 0 Å². The maximum atomic E-state index is 11.9. The normalized spacial score (nSPS) is 12.0. The lowest BCUT2D eigenvalue weighted by atomic mass is 10.1. The van der Waals surface area contributed by atoms with Crippen LogP contribution in [0.3, 0.4) is 0 Å². The number of aryl methyl sites for hydroxylation is 1. The molecule has 0 saturated carbocycles. The Hall–Kier alpha value is -1.66. The summed E-state index contributed by atoms with van der Waals surface area (Å²) in [4.78, 5) is 8.75. The molecule has 0 saturated heterocycles. The van der Waals surface area contributed by atoms with Gasteiger partial charge < -0.3 is 0 Å². The van der Waals surface area contributed by atoms with Crippen LogP contribution in [-0.2, 0) is 11.4 Å². The van der Waals surface area contributed by atoms with Gasteiger partial charge in [0, 0.05) is 17.6 Å². The van der Waals surface area contributed by atoms with Gasteiger partial charge in [-0.05, 0) is 24.6 Å². The molecule has 0 atom stereocenters. The number of para-hydroxylation sites is 1. The van der Waals surface area contributed by atoms with E-state index in [-0.39, 0.29) is 6.54 Å².